The van der Waals surface area contributed by atoms with Crippen LogP contribution in [0.2, 0.25) is 0 Å². The highest BCUT2D eigenvalue weighted by atomic mass is 32.1. The van der Waals surface area contributed by atoms with Gasteiger partial charge in [-0.1, -0.05) is 12.1 Å². The minimum absolute atomic E-state index is 0.117. The number of aromatic amines is 1. The number of carboxylic acid groups (broad SMARTS) is 1. The monoisotopic (exact) mass is 397 g/mol. The Labute approximate surface area is 152 Å². The third kappa shape index (κ3) is 3.36. The van der Waals surface area contributed by atoms with Gasteiger partial charge in [0.2, 0.25) is 0 Å². The summed E-state index contributed by atoms with van der Waals surface area (Å²) in [6.07, 6.45) is -4.67. The molecule has 0 saturated heterocycles. The Kier molecular flexibility index (Phi) is 4.39. The number of nitrogens with two attached hydrogens (primary N) is 1. The van der Waals surface area contributed by atoms with Gasteiger partial charge >= 0.3 is 12.1 Å². The molecule has 0 spiro atoms. The van der Waals surface area contributed by atoms with Crippen molar-refractivity contribution in [2.24, 2.45) is 0 Å². The van der Waals surface area contributed by atoms with Gasteiger partial charge in [0.25, 0.3) is 11.5 Å². The van der Waals surface area contributed by atoms with E-state index in [0.717, 1.165) is 29.5 Å². The first kappa shape index (κ1) is 18.5. The average molecular weight is 397 g/mol. The molecule has 0 atom stereocenters. The highest BCUT2D eigenvalue weighted by molar-refractivity contribution is 7.21. The standard InChI is InChI=1S/C16H10F3N3O4S/c17-16(18,19)8-3-1-2-4-9(8)21-13(24)11-10(20)6-5-7(15(25)26)12(23)22-14(6)27-11/h1-5H,20H2,(H,21,24)(H,22,23)(H,25,26). The summed E-state index contributed by atoms with van der Waals surface area (Å²) in [7, 11) is 0. The molecule has 3 aromatic rings. The molecule has 0 aliphatic rings. The Hall–Kier alpha value is -3.34. The molecule has 27 heavy (non-hydrogen) atoms. The number of aromatic nitrogens is 1. The van der Waals surface area contributed by atoms with E-state index in [1.807, 2.05) is 0 Å². The first-order chi connectivity index (χ1) is 12.6. The SMILES string of the molecule is Nc1c(C(=O)Nc2ccccc2C(F)(F)F)sc2[nH]c(=O)c(C(=O)O)cc12. The lowest BCUT2D eigenvalue weighted by atomic mass is 10.1. The third-order valence-electron chi connectivity index (χ3n) is 3.66. The molecule has 3 rings (SSSR count). The minimum Gasteiger partial charge on any atom is -0.477 e. The summed E-state index contributed by atoms with van der Waals surface area (Å²) in [6.45, 7) is 0. The van der Waals surface area contributed by atoms with Crippen LogP contribution in [-0.4, -0.2) is 22.0 Å². The van der Waals surface area contributed by atoms with Gasteiger partial charge in [-0.15, -0.1) is 11.3 Å². The summed E-state index contributed by atoms with van der Waals surface area (Å²) < 4.78 is 39.1. The zero-order valence-electron chi connectivity index (χ0n) is 13.2. The number of hydrogen-bond donors (Lipinski definition) is 4. The van der Waals surface area contributed by atoms with Gasteiger partial charge in [-0.25, -0.2) is 4.79 Å². The lowest BCUT2D eigenvalue weighted by Crippen LogP contribution is -2.16. The van der Waals surface area contributed by atoms with Crippen molar-refractivity contribution in [2.45, 2.75) is 6.18 Å². The van der Waals surface area contributed by atoms with Crippen LogP contribution >= 0.6 is 11.3 Å². The zero-order valence-corrected chi connectivity index (χ0v) is 14.0. The average Bonchev–Trinajstić information content (AvgIpc) is 2.89. The number of para-hydroxylation sites is 1. The summed E-state index contributed by atoms with van der Waals surface area (Å²) in [5.74, 6) is -2.39. The van der Waals surface area contributed by atoms with Gasteiger partial charge in [-0.2, -0.15) is 13.2 Å². The lowest BCUT2D eigenvalue weighted by Gasteiger charge is -2.13. The van der Waals surface area contributed by atoms with Crippen molar-refractivity contribution < 1.29 is 27.9 Å². The van der Waals surface area contributed by atoms with Crippen LogP contribution in [0.25, 0.3) is 10.2 Å². The van der Waals surface area contributed by atoms with E-state index in [1.54, 1.807) is 0 Å². The fourth-order valence-corrected chi connectivity index (χ4v) is 3.41. The van der Waals surface area contributed by atoms with Gasteiger partial charge in [0.15, 0.2) is 0 Å². The van der Waals surface area contributed by atoms with Crippen LogP contribution in [0, 0.1) is 0 Å². The Morgan fingerprint density at radius 1 is 1.22 bits per heavy atom. The number of carbonyl (C=O) groups is 2. The number of hydrogen-bond acceptors (Lipinski definition) is 5. The Morgan fingerprint density at radius 3 is 2.52 bits per heavy atom. The van der Waals surface area contributed by atoms with Crippen LogP contribution in [0.5, 0.6) is 0 Å². The number of H-pyrrole nitrogens is 1. The number of alkyl halides is 3. The van der Waals surface area contributed by atoms with Gasteiger partial charge in [0.1, 0.15) is 15.3 Å². The van der Waals surface area contributed by atoms with Gasteiger partial charge < -0.3 is 21.1 Å². The van der Waals surface area contributed by atoms with Crippen LogP contribution in [0.1, 0.15) is 25.6 Å². The van der Waals surface area contributed by atoms with E-state index in [0.29, 0.717) is 0 Å². The molecule has 1 aromatic carbocycles. The maximum Gasteiger partial charge on any atom is 0.418 e. The highest BCUT2D eigenvalue weighted by Gasteiger charge is 2.34. The van der Waals surface area contributed by atoms with E-state index in [1.165, 1.54) is 12.1 Å². The molecule has 0 aliphatic carbocycles. The third-order valence-corrected chi connectivity index (χ3v) is 4.80. The predicted octanol–water partition coefficient (Wildman–Crippen LogP) is 3.14. The molecule has 0 bridgehead atoms. The van der Waals surface area contributed by atoms with Crippen molar-refractivity contribution in [2.75, 3.05) is 11.1 Å². The Balaban J connectivity index is 2.04. The molecule has 0 saturated carbocycles. The van der Waals surface area contributed by atoms with Crippen LogP contribution < -0.4 is 16.6 Å². The van der Waals surface area contributed by atoms with Crippen molar-refractivity contribution in [3.63, 3.8) is 0 Å². The number of halogens is 3. The van der Waals surface area contributed by atoms with E-state index in [4.69, 9.17) is 10.8 Å². The second-order valence-electron chi connectivity index (χ2n) is 5.40. The molecule has 2 heterocycles. The molecule has 0 radical (unpaired) electrons. The van der Waals surface area contributed by atoms with E-state index in [9.17, 15) is 27.6 Å². The number of aromatic carboxylic acids is 1. The second-order valence-corrected chi connectivity index (χ2v) is 6.42. The van der Waals surface area contributed by atoms with E-state index < -0.39 is 40.4 Å². The summed E-state index contributed by atoms with van der Waals surface area (Å²) in [4.78, 5) is 37.5. The number of carboxylic acids is 1. The number of carbonyl (C=O) groups excluding carboxylic acids is 1. The normalized spacial score (nSPS) is 11.5. The highest BCUT2D eigenvalue weighted by Crippen LogP contribution is 2.36. The van der Waals surface area contributed by atoms with Gasteiger partial charge in [0.05, 0.1) is 16.9 Å². The molecule has 2 aromatic heterocycles. The first-order valence-electron chi connectivity index (χ1n) is 7.25. The van der Waals surface area contributed by atoms with Crippen molar-refractivity contribution in [1.29, 1.82) is 0 Å². The van der Waals surface area contributed by atoms with E-state index in [2.05, 4.69) is 10.3 Å². The fraction of sp³-hybridized carbons (Fsp3) is 0.0625. The number of anilines is 2. The van der Waals surface area contributed by atoms with Crippen molar-refractivity contribution in [3.8, 4) is 0 Å². The topological polar surface area (TPSA) is 125 Å². The smallest absolute Gasteiger partial charge is 0.418 e. The van der Waals surface area contributed by atoms with E-state index >= 15 is 0 Å². The molecule has 0 fully saturated rings. The quantitative estimate of drug-likeness (QED) is 0.540. The Morgan fingerprint density at radius 2 is 1.89 bits per heavy atom. The Bertz CT molecular complexity index is 1130. The predicted molar refractivity (Wildman–Crippen MR) is 93.2 cm³/mol. The first-order valence-corrected chi connectivity index (χ1v) is 8.07. The molecule has 0 aliphatic heterocycles. The molecule has 0 unspecified atom stereocenters. The van der Waals surface area contributed by atoms with Crippen LogP contribution in [0.4, 0.5) is 24.5 Å². The largest absolute Gasteiger partial charge is 0.477 e. The number of rotatable bonds is 3. The van der Waals surface area contributed by atoms with Crippen molar-refractivity contribution in [1.82, 2.24) is 4.98 Å². The van der Waals surface area contributed by atoms with Crippen molar-refractivity contribution in [3.05, 3.63) is 56.7 Å². The minimum atomic E-state index is -4.67. The molecular formula is C16H10F3N3O4S. The number of pyridine rings is 1. The lowest BCUT2D eigenvalue weighted by molar-refractivity contribution is -0.136. The molecule has 1 amide bonds. The molecule has 5 N–H and O–H groups in total. The van der Waals surface area contributed by atoms with E-state index in [-0.39, 0.29) is 20.8 Å². The summed E-state index contributed by atoms with van der Waals surface area (Å²) >= 11 is 0.732. The number of thiophene rings is 1. The van der Waals surface area contributed by atoms with Crippen molar-refractivity contribution >= 4 is 44.8 Å². The van der Waals surface area contributed by atoms with Crippen LogP contribution in [0.3, 0.4) is 0 Å². The number of nitrogen functional groups attached to an aromatic ring is 1. The summed E-state index contributed by atoms with van der Waals surface area (Å²) in [6, 6.07) is 5.44. The van der Waals surface area contributed by atoms with Gasteiger partial charge in [-0.05, 0) is 18.2 Å². The molecule has 140 valence electrons. The zero-order chi connectivity index (χ0) is 19.9. The summed E-state index contributed by atoms with van der Waals surface area (Å²) in [5.41, 5.74) is 2.77. The molecule has 7 nitrogen and oxygen atoms in total. The molecular weight excluding hydrogens is 387 g/mol. The maximum absolute atomic E-state index is 13.0. The number of fused-ring (bicyclic) bond motifs is 1. The maximum atomic E-state index is 13.0. The number of amides is 1. The fourth-order valence-electron chi connectivity index (χ4n) is 2.42. The summed E-state index contributed by atoms with van der Waals surface area (Å²) in [5, 5.41) is 11.3. The second kappa shape index (κ2) is 6.43. The van der Waals surface area contributed by atoms with Crippen LogP contribution in [0.15, 0.2) is 35.1 Å². The number of nitrogens with one attached hydrogen (secondary N) is 2. The van der Waals surface area contributed by atoms with Gasteiger partial charge in [-0.3, -0.25) is 9.59 Å². The number of benzene rings is 1. The molecule has 11 heteroatoms. The van der Waals surface area contributed by atoms with Gasteiger partial charge in [0, 0.05) is 5.39 Å². The van der Waals surface area contributed by atoms with Crippen LogP contribution in [-0.2, 0) is 6.18 Å².